The van der Waals surface area contributed by atoms with E-state index in [1.807, 2.05) is 0 Å². The minimum absolute atomic E-state index is 0.253. The van der Waals surface area contributed by atoms with E-state index in [-0.39, 0.29) is 12.5 Å². The molecule has 0 atom stereocenters. The molecule has 1 aliphatic carbocycles. The summed E-state index contributed by atoms with van der Waals surface area (Å²) in [4.78, 5) is 23.3. The Morgan fingerprint density at radius 2 is 1.89 bits per heavy atom. The summed E-state index contributed by atoms with van der Waals surface area (Å²) in [5.74, 6) is 0.237. The van der Waals surface area contributed by atoms with Gasteiger partial charge < -0.3 is 14.8 Å². The van der Waals surface area contributed by atoms with E-state index in [0.29, 0.717) is 5.92 Å². The minimum atomic E-state index is -0.564. The van der Waals surface area contributed by atoms with E-state index < -0.39 is 17.1 Å². The largest absolute Gasteiger partial charge is 0.469 e. The fraction of sp³-hybridized carbons (Fsp3) is 0.846. The van der Waals surface area contributed by atoms with Gasteiger partial charge in [0, 0.05) is 6.54 Å². The Bertz CT molecular complexity index is 326. The SMILES string of the molecule is COC(=O)C1(CNC(=O)OC(C)(C)C)CC(C)C1. The fourth-order valence-corrected chi connectivity index (χ4v) is 2.43. The third-order valence-corrected chi connectivity index (χ3v) is 3.07. The highest BCUT2D eigenvalue weighted by Crippen LogP contribution is 2.45. The van der Waals surface area contributed by atoms with Gasteiger partial charge in [0.15, 0.2) is 0 Å². The molecule has 1 aliphatic rings. The predicted octanol–water partition coefficient (Wildman–Crippen LogP) is 2.10. The van der Waals surface area contributed by atoms with Crippen LogP contribution in [0.1, 0.15) is 40.5 Å². The van der Waals surface area contributed by atoms with Crippen LogP contribution in [0.4, 0.5) is 4.79 Å². The molecule has 1 fully saturated rings. The molecule has 0 radical (unpaired) electrons. The van der Waals surface area contributed by atoms with Crippen LogP contribution in [0.15, 0.2) is 0 Å². The smallest absolute Gasteiger partial charge is 0.407 e. The molecule has 104 valence electrons. The van der Waals surface area contributed by atoms with E-state index in [1.165, 1.54) is 7.11 Å². The lowest BCUT2D eigenvalue weighted by Gasteiger charge is -2.43. The number of methoxy groups -OCH3 is 1. The maximum absolute atomic E-state index is 11.7. The molecule has 0 aromatic carbocycles. The summed E-state index contributed by atoms with van der Waals surface area (Å²) in [6.07, 6.45) is 0.996. The Morgan fingerprint density at radius 1 is 1.33 bits per heavy atom. The number of hydrogen-bond donors (Lipinski definition) is 1. The summed E-state index contributed by atoms with van der Waals surface area (Å²) < 4.78 is 9.95. The second kappa shape index (κ2) is 5.16. The topological polar surface area (TPSA) is 64.6 Å². The summed E-state index contributed by atoms with van der Waals surface area (Å²) in [5, 5.41) is 2.66. The van der Waals surface area contributed by atoms with E-state index >= 15 is 0 Å². The highest BCUT2D eigenvalue weighted by Gasteiger charge is 2.49. The number of carbonyl (C=O) groups excluding carboxylic acids is 2. The van der Waals surface area contributed by atoms with Crippen molar-refractivity contribution < 1.29 is 19.1 Å². The molecule has 0 unspecified atom stereocenters. The van der Waals surface area contributed by atoms with Gasteiger partial charge >= 0.3 is 12.1 Å². The zero-order chi connectivity index (χ0) is 14.0. The van der Waals surface area contributed by atoms with Crippen molar-refractivity contribution in [2.24, 2.45) is 11.3 Å². The highest BCUT2D eigenvalue weighted by atomic mass is 16.6. The van der Waals surface area contributed by atoms with Gasteiger partial charge in [-0.05, 0) is 39.5 Å². The van der Waals surface area contributed by atoms with Gasteiger partial charge in [0.05, 0.1) is 12.5 Å². The zero-order valence-corrected chi connectivity index (χ0v) is 11.8. The number of amides is 1. The first-order valence-corrected chi connectivity index (χ1v) is 6.24. The Morgan fingerprint density at radius 3 is 2.28 bits per heavy atom. The van der Waals surface area contributed by atoms with Gasteiger partial charge in [-0.3, -0.25) is 4.79 Å². The average molecular weight is 257 g/mol. The van der Waals surface area contributed by atoms with E-state index in [2.05, 4.69) is 12.2 Å². The standard InChI is InChI=1S/C13H23NO4/c1-9-6-13(7-9,10(15)17-5)8-14-11(16)18-12(2,3)4/h9H,6-8H2,1-5H3,(H,14,16). The average Bonchev–Trinajstić information content (AvgIpc) is 2.19. The maximum Gasteiger partial charge on any atom is 0.407 e. The van der Waals surface area contributed by atoms with Crippen LogP contribution in [-0.2, 0) is 14.3 Å². The number of carbonyl (C=O) groups is 2. The molecule has 1 rings (SSSR count). The quantitative estimate of drug-likeness (QED) is 0.786. The monoisotopic (exact) mass is 257 g/mol. The van der Waals surface area contributed by atoms with Crippen molar-refractivity contribution >= 4 is 12.1 Å². The van der Waals surface area contributed by atoms with Gasteiger partial charge in [0.1, 0.15) is 5.60 Å². The molecule has 0 aromatic rings. The van der Waals surface area contributed by atoms with E-state index in [4.69, 9.17) is 9.47 Å². The number of hydrogen-bond acceptors (Lipinski definition) is 4. The molecule has 0 aliphatic heterocycles. The van der Waals surface area contributed by atoms with Crippen LogP contribution < -0.4 is 5.32 Å². The van der Waals surface area contributed by atoms with Gasteiger partial charge in [-0.2, -0.15) is 0 Å². The number of alkyl carbamates (subject to hydrolysis) is 1. The van der Waals surface area contributed by atoms with Crippen molar-refractivity contribution in [3.8, 4) is 0 Å². The van der Waals surface area contributed by atoms with E-state index in [0.717, 1.165) is 12.8 Å². The Balaban J connectivity index is 2.50. The fourth-order valence-electron chi connectivity index (χ4n) is 2.43. The number of rotatable bonds is 3. The van der Waals surface area contributed by atoms with Crippen molar-refractivity contribution in [3.05, 3.63) is 0 Å². The predicted molar refractivity (Wildman–Crippen MR) is 67.1 cm³/mol. The molecule has 0 spiro atoms. The molecule has 5 nitrogen and oxygen atoms in total. The zero-order valence-electron chi connectivity index (χ0n) is 11.8. The van der Waals surface area contributed by atoms with Gasteiger partial charge in [-0.15, -0.1) is 0 Å². The molecule has 1 saturated carbocycles. The molecule has 0 bridgehead atoms. The van der Waals surface area contributed by atoms with Crippen LogP contribution in [0.25, 0.3) is 0 Å². The van der Waals surface area contributed by atoms with Crippen molar-refractivity contribution in [2.75, 3.05) is 13.7 Å². The van der Waals surface area contributed by atoms with E-state index in [9.17, 15) is 9.59 Å². The molecule has 5 heteroatoms. The van der Waals surface area contributed by atoms with Crippen LogP contribution in [0.5, 0.6) is 0 Å². The Labute approximate surface area is 108 Å². The molecule has 1 amide bonds. The molecule has 0 aromatic heterocycles. The van der Waals surface area contributed by atoms with Gasteiger partial charge in [0.2, 0.25) is 0 Å². The highest BCUT2D eigenvalue weighted by molar-refractivity contribution is 5.79. The van der Waals surface area contributed by atoms with Crippen molar-refractivity contribution in [2.45, 2.75) is 46.1 Å². The second-order valence-corrected chi connectivity index (χ2v) is 6.14. The molecular weight excluding hydrogens is 234 g/mol. The van der Waals surface area contributed by atoms with Crippen molar-refractivity contribution in [1.82, 2.24) is 5.32 Å². The molecule has 18 heavy (non-hydrogen) atoms. The minimum Gasteiger partial charge on any atom is -0.469 e. The molecule has 0 heterocycles. The van der Waals surface area contributed by atoms with E-state index in [1.54, 1.807) is 20.8 Å². The lowest BCUT2D eigenvalue weighted by Crippen LogP contribution is -2.52. The normalized spacial score (nSPS) is 27.1. The summed E-state index contributed by atoms with van der Waals surface area (Å²) in [7, 11) is 1.38. The summed E-state index contributed by atoms with van der Waals surface area (Å²) in [6, 6.07) is 0. The van der Waals surface area contributed by atoms with Crippen LogP contribution in [-0.4, -0.2) is 31.3 Å². The van der Waals surface area contributed by atoms with Gasteiger partial charge in [0.25, 0.3) is 0 Å². The lowest BCUT2D eigenvalue weighted by molar-refractivity contribution is -0.161. The maximum atomic E-state index is 11.7. The first-order valence-electron chi connectivity index (χ1n) is 6.24. The first-order chi connectivity index (χ1) is 8.18. The summed E-state index contributed by atoms with van der Waals surface area (Å²) in [5.41, 5.74) is -1.10. The van der Waals surface area contributed by atoms with Crippen LogP contribution >= 0.6 is 0 Å². The lowest BCUT2D eigenvalue weighted by atomic mass is 9.62. The third-order valence-electron chi connectivity index (χ3n) is 3.07. The Kier molecular flexibility index (Phi) is 4.24. The Hall–Kier alpha value is -1.26. The number of ether oxygens (including phenoxy) is 2. The number of esters is 1. The number of nitrogens with one attached hydrogen (secondary N) is 1. The van der Waals surface area contributed by atoms with Crippen molar-refractivity contribution in [1.29, 1.82) is 0 Å². The third kappa shape index (κ3) is 3.62. The van der Waals surface area contributed by atoms with Crippen LogP contribution in [0.2, 0.25) is 0 Å². The summed E-state index contributed by atoms with van der Waals surface area (Å²) >= 11 is 0. The molecule has 0 saturated heterocycles. The van der Waals surface area contributed by atoms with Crippen LogP contribution in [0, 0.1) is 11.3 Å². The second-order valence-electron chi connectivity index (χ2n) is 6.14. The van der Waals surface area contributed by atoms with Gasteiger partial charge in [-0.25, -0.2) is 4.79 Å². The summed E-state index contributed by atoms with van der Waals surface area (Å²) in [6.45, 7) is 7.75. The first kappa shape index (κ1) is 14.8. The molecule has 1 N–H and O–H groups in total. The molecular formula is C13H23NO4. The van der Waals surface area contributed by atoms with Crippen molar-refractivity contribution in [3.63, 3.8) is 0 Å². The van der Waals surface area contributed by atoms with Gasteiger partial charge in [-0.1, -0.05) is 6.92 Å². The van der Waals surface area contributed by atoms with Crippen LogP contribution in [0.3, 0.4) is 0 Å².